The summed E-state index contributed by atoms with van der Waals surface area (Å²) in [6, 6.07) is 6.45. The molecule has 1 aromatic carbocycles. The topological polar surface area (TPSA) is 80.3 Å². The maximum atomic E-state index is 11.4. The Morgan fingerprint density at radius 2 is 1.88 bits per heavy atom. The molecule has 0 spiro atoms. The summed E-state index contributed by atoms with van der Waals surface area (Å²) in [5.74, 6) is 0. The third-order valence-corrected chi connectivity index (χ3v) is 5.46. The summed E-state index contributed by atoms with van der Waals surface area (Å²) in [6.07, 6.45) is 0.868. The number of anilines is 1. The summed E-state index contributed by atoms with van der Waals surface area (Å²) in [5.41, 5.74) is 0.318. The van der Waals surface area contributed by atoms with Crippen molar-refractivity contribution in [2.24, 2.45) is 0 Å². The molecule has 90 valence electrons. The molecule has 0 atom stereocenters. The van der Waals surface area contributed by atoms with E-state index in [2.05, 4.69) is 20.7 Å². The summed E-state index contributed by atoms with van der Waals surface area (Å²) in [6.45, 7) is 0. The number of hydrogen-bond donors (Lipinski definition) is 1. The smallest absolute Gasteiger partial charge is 0.247 e. The van der Waals surface area contributed by atoms with Crippen LogP contribution in [-0.2, 0) is 19.9 Å². The molecule has 1 aromatic rings. The van der Waals surface area contributed by atoms with Crippen LogP contribution < -0.4 is 4.72 Å². The van der Waals surface area contributed by atoms with Crippen molar-refractivity contribution < 1.29 is 16.8 Å². The van der Waals surface area contributed by atoms with E-state index in [0.29, 0.717) is 10.2 Å². The number of rotatable bonds is 4. The lowest BCUT2D eigenvalue weighted by molar-refractivity contribution is 0.595. The van der Waals surface area contributed by atoms with E-state index in [1.807, 2.05) is 0 Å². The zero-order chi connectivity index (χ0) is 12.4. The highest BCUT2D eigenvalue weighted by Gasteiger charge is 2.17. The predicted molar refractivity (Wildman–Crippen MR) is 66.4 cm³/mol. The van der Waals surface area contributed by atoms with Gasteiger partial charge >= 0.3 is 0 Å². The molecule has 8 heteroatoms. The highest BCUT2D eigenvalue weighted by atomic mass is 79.9. The fourth-order valence-corrected chi connectivity index (χ4v) is 4.42. The lowest BCUT2D eigenvalue weighted by Crippen LogP contribution is -2.22. The fourth-order valence-electron chi connectivity index (χ4n) is 1.04. The Labute approximate surface area is 103 Å². The van der Waals surface area contributed by atoms with E-state index in [1.165, 1.54) is 6.07 Å². The normalized spacial score (nSPS) is 12.4. The molecule has 5 nitrogen and oxygen atoms in total. The van der Waals surface area contributed by atoms with Crippen molar-refractivity contribution in [2.75, 3.05) is 16.1 Å². The van der Waals surface area contributed by atoms with E-state index in [0.717, 1.165) is 6.26 Å². The van der Waals surface area contributed by atoms with Crippen molar-refractivity contribution in [2.45, 2.75) is 0 Å². The molecule has 0 aliphatic heterocycles. The summed E-state index contributed by atoms with van der Waals surface area (Å²) in [5, 5.41) is -0.924. The first kappa shape index (κ1) is 13.5. The van der Waals surface area contributed by atoms with Crippen LogP contribution in [0.5, 0.6) is 0 Å². The minimum absolute atomic E-state index is 0.318. The summed E-state index contributed by atoms with van der Waals surface area (Å²) >= 11 is 3.18. The Morgan fingerprint density at radius 3 is 2.38 bits per heavy atom. The molecule has 0 unspecified atom stereocenters. The van der Waals surface area contributed by atoms with Crippen molar-refractivity contribution in [3.05, 3.63) is 28.7 Å². The monoisotopic (exact) mass is 327 g/mol. The van der Waals surface area contributed by atoms with Crippen LogP contribution in [0.2, 0.25) is 0 Å². The van der Waals surface area contributed by atoms with E-state index >= 15 is 0 Å². The molecule has 0 fully saturated rings. The van der Waals surface area contributed by atoms with E-state index < -0.39 is 24.9 Å². The Bertz CT molecular complexity index is 580. The molecule has 0 heterocycles. The number of sulfonamides is 1. The van der Waals surface area contributed by atoms with Gasteiger partial charge in [0, 0.05) is 16.4 Å². The van der Waals surface area contributed by atoms with Gasteiger partial charge in [0.25, 0.3) is 0 Å². The van der Waals surface area contributed by atoms with Gasteiger partial charge < -0.3 is 0 Å². The van der Waals surface area contributed by atoms with Crippen molar-refractivity contribution >= 4 is 41.5 Å². The molecule has 0 amide bonds. The van der Waals surface area contributed by atoms with Gasteiger partial charge in [-0.1, -0.05) is 22.0 Å². The second-order valence-corrected chi connectivity index (χ2v) is 8.41. The second kappa shape index (κ2) is 4.72. The molecule has 0 saturated carbocycles. The molecule has 0 saturated heterocycles. The van der Waals surface area contributed by atoms with Crippen molar-refractivity contribution in [3.8, 4) is 0 Å². The molecule has 16 heavy (non-hydrogen) atoms. The summed E-state index contributed by atoms with van der Waals surface area (Å²) in [4.78, 5) is 0. The van der Waals surface area contributed by atoms with Crippen LogP contribution in [0.25, 0.3) is 0 Å². The largest absolute Gasteiger partial charge is 0.283 e. The van der Waals surface area contributed by atoms with Crippen LogP contribution in [0.1, 0.15) is 0 Å². The quantitative estimate of drug-likeness (QED) is 0.900. The molecule has 0 aliphatic carbocycles. The van der Waals surface area contributed by atoms with Gasteiger partial charge in [-0.15, -0.1) is 0 Å². The van der Waals surface area contributed by atoms with E-state index in [1.54, 1.807) is 18.2 Å². The number of sulfone groups is 1. The molecule has 0 aliphatic rings. The van der Waals surface area contributed by atoms with Crippen molar-refractivity contribution in [1.82, 2.24) is 0 Å². The first-order chi connectivity index (χ1) is 7.18. The fraction of sp³-hybridized carbons (Fsp3) is 0.250. The Kier molecular flexibility index (Phi) is 3.97. The molecule has 0 radical (unpaired) electrons. The van der Waals surface area contributed by atoms with Gasteiger partial charge in [0.2, 0.25) is 10.0 Å². The van der Waals surface area contributed by atoms with Gasteiger partial charge in [-0.3, -0.25) is 4.72 Å². The third-order valence-electron chi connectivity index (χ3n) is 1.47. The highest BCUT2D eigenvalue weighted by Crippen LogP contribution is 2.17. The van der Waals surface area contributed by atoms with Gasteiger partial charge in [0.1, 0.15) is 0 Å². The van der Waals surface area contributed by atoms with Gasteiger partial charge in [0.15, 0.2) is 14.9 Å². The maximum absolute atomic E-state index is 11.4. The van der Waals surface area contributed by atoms with E-state index in [4.69, 9.17) is 0 Å². The van der Waals surface area contributed by atoms with E-state index in [-0.39, 0.29) is 0 Å². The minimum Gasteiger partial charge on any atom is -0.283 e. The maximum Gasteiger partial charge on any atom is 0.247 e. The zero-order valence-electron chi connectivity index (χ0n) is 8.34. The number of nitrogens with one attached hydrogen (secondary N) is 1. The average molecular weight is 328 g/mol. The van der Waals surface area contributed by atoms with Crippen molar-refractivity contribution in [3.63, 3.8) is 0 Å². The molecule has 1 rings (SSSR count). The Morgan fingerprint density at radius 1 is 1.25 bits per heavy atom. The summed E-state index contributed by atoms with van der Waals surface area (Å²) < 4.78 is 47.5. The van der Waals surface area contributed by atoms with Gasteiger partial charge in [-0.25, -0.2) is 16.8 Å². The molecular formula is C8H10BrNO4S2. The molecule has 0 aromatic heterocycles. The standard InChI is InChI=1S/C8H10BrNO4S2/c1-15(11,12)6-16(13,14)10-8-4-2-3-7(9)5-8/h2-5,10H,6H2,1H3. The van der Waals surface area contributed by atoms with Crippen LogP contribution in [0, 0.1) is 0 Å². The van der Waals surface area contributed by atoms with Gasteiger partial charge in [-0.2, -0.15) is 0 Å². The number of benzene rings is 1. The second-order valence-electron chi connectivity index (χ2n) is 3.27. The van der Waals surface area contributed by atoms with Crippen LogP contribution in [-0.4, -0.2) is 28.2 Å². The first-order valence-electron chi connectivity index (χ1n) is 4.12. The predicted octanol–water partition coefficient (Wildman–Crippen LogP) is 1.19. The van der Waals surface area contributed by atoms with Crippen LogP contribution in [0.3, 0.4) is 0 Å². The van der Waals surface area contributed by atoms with Gasteiger partial charge in [0.05, 0.1) is 0 Å². The van der Waals surface area contributed by atoms with Crippen LogP contribution >= 0.6 is 15.9 Å². The SMILES string of the molecule is CS(=O)(=O)CS(=O)(=O)Nc1cccc(Br)c1. The zero-order valence-corrected chi connectivity index (χ0v) is 11.6. The van der Waals surface area contributed by atoms with Gasteiger partial charge in [-0.05, 0) is 18.2 Å². The Balaban J connectivity index is 2.90. The van der Waals surface area contributed by atoms with Crippen LogP contribution in [0.4, 0.5) is 5.69 Å². The number of halogens is 1. The van der Waals surface area contributed by atoms with Crippen LogP contribution in [0.15, 0.2) is 28.7 Å². The highest BCUT2D eigenvalue weighted by molar-refractivity contribution is 9.10. The van der Waals surface area contributed by atoms with E-state index in [9.17, 15) is 16.8 Å². The number of hydrogen-bond acceptors (Lipinski definition) is 4. The Hall–Kier alpha value is -0.600. The first-order valence-corrected chi connectivity index (χ1v) is 8.62. The average Bonchev–Trinajstić information content (AvgIpc) is 1.96. The minimum atomic E-state index is -3.87. The third kappa shape index (κ3) is 4.95. The molecular weight excluding hydrogens is 318 g/mol. The van der Waals surface area contributed by atoms with Crippen molar-refractivity contribution in [1.29, 1.82) is 0 Å². The lowest BCUT2D eigenvalue weighted by atomic mass is 10.3. The molecule has 0 bridgehead atoms. The molecule has 1 N–H and O–H groups in total. The lowest BCUT2D eigenvalue weighted by Gasteiger charge is -2.06. The summed E-state index contributed by atoms with van der Waals surface area (Å²) in [7, 11) is -7.44.